The zero-order valence-corrected chi connectivity index (χ0v) is 14.5. The number of nitrogens with two attached hydrogens (primary N) is 1. The number of ether oxygens (including phenoxy) is 2. The molecule has 0 aromatic heterocycles. The first-order chi connectivity index (χ1) is 9.70. The molecule has 0 aliphatic carbocycles. The summed E-state index contributed by atoms with van der Waals surface area (Å²) in [5.74, 6) is -2.47. The second-order valence-electron chi connectivity index (χ2n) is 5.55. The van der Waals surface area contributed by atoms with Crippen LogP contribution < -0.4 is 5.73 Å². The van der Waals surface area contributed by atoms with Crippen molar-refractivity contribution in [1.82, 2.24) is 0 Å². The minimum absolute atomic E-state index is 0.0995. The topological polar surface area (TPSA) is 78.6 Å². The SMILES string of the molecule is CC(C)(C)OC(=O)C(C(=O)OCc1ccccc1)C(N)I. The summed E-state index contributed by atoms with van der Waals surface area (Å²) < 4.78 is 9.66. The summed E-state index contributed by atoms with van der Waals surface area (Å²) in [6.45, 7) is 5.30. The predicted molar refractivity (Wildman–Crippen MR) is 87.6 cm³/mol. The number of carbonyl (C=O) groups is 2. The molecule has 0 saturated heterocycles. The molecule has 0 aliphatic heterocycles. The monoisotopic (exact) mass is 405 g/mol. The first-order valence-corrected chi connectivity index (χ1v) is 7.78. The molecule has 1 aromatic carbocycles. The first kappa shape index (κ1) is 17.9. The van der Waals surface area contributed by atoms with Crippen molar-refractivity contribution >= 4 is 34.5 Å². The molecule has 0 bridgehead atoms. The average molecular weight is 405 g/mol. The molecule has 6 heteroatoms. The van der Waals surface area contributed by atoms with Crippen LogP contribution in [0.3, 0.4) is 0 Å². The van der Waals surface area contributed by atoms with E-state index in [4.69, 9.17) is 15.2 Å². The lowest BCUT2D eigenvalue weighted by molar-refractivity contribution is -0.169. The van der Waals surface area contributed by atoms with Crippen molar-refractivity contribution in [2.75, 3.05) is 0 Å². The summed E-state index contributed by atoms with van der Waals surface area (Å²) in [4.78, 5) is 24.1. The highest BCUT2D eigenvalue weighted by molar-refractivity contribution is 14.1. The molecule has 0 aliphatic rings. The first-order valence-electron chi connectivity index (χ1n) is 6.54. The number of hydrogen-bond acceptors (Lipinski definition) is 5. The van der Waals surface area contributed by atoms with E-state index in [9.17, 15) is 9.59 Å². The Morgan fingerprint density at radius 1 is 1.19 bits per heavy atom. The largest absolute Gasteiger partial charge is 0.460 e. The molecular weight excluding hydrogens is 385 g/mol. The van der Waals surface area contributed by atoms with Gasteiger partial charge in [0.05, 0.1) is 4.05 Å². The van der Waals surface area contributed by atoms with Crippen LogP contribution in [0.1, 0.15) is 26.3 Å². The highest BCUT2D eigenvalue weighted by Gasteiger charge is 2.36. The molecule has 21 heavy (non-hydrogen) atoms. The van der Waals surface area contributed by atoms with E-state index in [1.54, 1.807) is 20.8 Å². The lowest BCUT2D eigenvalue weighted by atomic mass is 10.1. The molecule has 0 heterocycles. The Morgan fingerprint density at radius 3 is 2.24 bits per heavy atom. The van der Waals surface area contributed by atoms with Crippen molar-refractivity contribution in [3.63, 3.8) is 0 Å². The molecule has 2 N–H and O–H groups in total. The molecule has 1 rings (SSSR count). The van der Waals surface area contributed by atoms with Crippen molar-refractivity contribution in [3.05, 3.63) is 35.9 Å². The Hall–Kier alpha value is -1.15. The average Bonchev–Trinajstić information content (AvgIpc) is 2.35. The Balaban J connectivity index is 2.68. The Kier molecular flexibility index (Phi) is 6.60. The van der Waals surface area contributed by atoms with Gasteiger partial charge in [0.1, 0.15) is 12.2 Å². The van der Waals surface area contributed by atoms with E-state index in [0.717, 1.165) is 5.56 Å². The predicted octanol–water partition coefficient (Wildman–Crippen LogP) is 2.41. The highest BCUT2D eigenvalue weighted by Crippen LogP contribution is 2.18. The number of alkyl halides is 1. The van der Waals surface area contributed by atoms with Gasteiger partial charge in [-0.15, -0.1) is 0 Å². The quantitative estimate of drug-likeness (QED) is 0.268. The van der Waals surface area contributed by atoms with Gasteiger partial charge < -0.3 is 15.2 Å². The van der Waals surface area contributed by atoms with E-state index >= 15 is 0 Å². The van der Waals surface area contributed by atoms with Crippen molar-refractivity contribution in [3.8, 4) is 0 Å². The van der Waals surface area contributed by atoms with Gasteiger partial charge in [0.2, 0.25) is 0 Å². The molecule has 2 unspecified atom stereocenters. The van der Waals surface area contributed by atoms with Crippen LogP contribution in [0.2, 0.25) is 0 Å². The zero-order valence-electron chi connectivity index (χ0n) is 12.3. The standard InChI is InChI=1S/C15H20INO4/c1-15(2,3)21-14(19)11(12(16)17)13(18)20-9-10-7-5-4-6-8-10/h4-8,11-12H,9,17H2,1-3H3. The van der Waals surface area contributed by atoms with Gasteiger partial charge in [-0.3, -0.25) is 9.59 Å². The number of hydrogen-bond donors (Lipinski definition) is 1. The number of halogens is 1. The molecule has 1 aromatic rings. The van der Waals surface area contributed by atoms with Crippen molar-refractivity contribution in [1.29, 1.82) is 0 Å². The third-order valence-corrected chi connectivity index (χ3v) is 3.18. The molecule has 0 fully saturated rings. The maximum atomic E-state index is 12.1. The normalized spacial score (nSPS) is 14.1. The van der Waals surface area contributed by atoms with Crippen LogP contribution in [-0.2, 0) is 25.7 Å². The van der Waals surface area contributed by atoms with Crippen molar-refractivity contribution in [2.45, 2.75) is 37.0 Å². The molecule has 5 nitrogen and oxygen atoms in total. The lowest BCUT2D eigenvalue weighted by Crippen LogP contribution is -2.41. The number of benzene rings is 1. The zero-order chi connectivity index (χ0) is 16.0. The van der Waals surface area contributed by atoms with Gasteiger partial charge in [0.25, 0.3) is 0 Å². The summed E-state index contributed by atoms with van der Waals surface area (Å²) in [6.07, 6.45) is 0. The van der Waals surface area contributed by atoms with Gasteiger partial charge in [-0.05, 0) is 26.3 Å². The summed E-state index contributed by atoms with van der Waals surface area (Å²) >= 11 is 1.82. The van der Waals surface area contributed by atoms with Crippen molar-refractivity contribution < 1.29 is 19.1 Å². The van der Waals surface area contributed by atoms with E-state index in [1.165, 1.54) is 0 Å². The number of rotatable bonds is 5. The van der Waals surface area contributed by atoms with Crippen LogP contribution in [0, 0.1) is 5.92 Å². The molecular formula is C15H20INO4. The second-order valence-corrected chi connectivity index (χ2v) is 6.99. The van der Waals surface area contributed by atoms with Crippen LogP contribution in [0.5, 0.6) is 0 Å². The molecule has 0 spiro atoms. The molecule has 2 atom stereocenters. The fourth-order valence-electron chi connectivity index (χ4n) is 1.54. The van der Waals surface area contributed by atoms with Gasteiger partial charge >= 0.3 is 11.9 Å². The minimum Gasteiger partial charge on any atom is -0.460 e. The van der Waals surface area contributed by atoms with E-state index in [-0.39, 0.29) is 6.61 Å². The fourth-order valence-corrected chi connectivity index (χ4v) is 2.13. The van der Waals surface area contributed by atoms with Crippen LogP contribution in [0.4, 0.5) is 0 Å². The lowest BCUT2D eigenvalue weighted by Gasteiger charge is -2.24. The summed E-state index contributed by atoms with van der Waals surface area (Å²) in [5, 5.41) is 0. The maximum absolute atomic E-state index is 12.1. The van der Waals surface area contributed by atoms with E-state index in [1.807, 2.05) is 52.9 Å². The summed E-state index contributed by atoms with van der Waals surface area (Å²) in [5.41, 5.74) is 5.87. The van der Waals surface area contributed by atoms with Gasteiger partial charge in [-0.25, -0.2) is 0 Å². The molecule has 0 saturated carbocycles. The van der Waals surface area contributed by atoms with Gasteiger partial charge in [0, 0.05) is 0 Å². The Labute approximate surface area is 138 Å². The van der Waals surface area contributed by atoms with E-state index in [2.05, 4.69) is 0 Å². The van der Waals surface area contributed by atoms with Gasteiger partial charge in [-0.1, -0.05) is 52.9 Å². The maximum Gasteiger partial charge on any atom is 0.323 e. The molecule has 116 valence electrons. The Bertz CT molecular complexity index is 482. The van der Waals surface area contributed by atoms with Gasteiger partial charge in [0.15, 0.2) is 5.92 Å². The minimum atomic E-state index is -1.13. The summed E-state index contributed by atoms with van der Waals surface area (Å²) in [6, 6.07) is 9.23. The number of esters is 2. The van der Waals surface area contributed by atoms with Crippen LogP contribution in [0.15, 0.2) is 30.3 Å². The van der Waals surface area contributed by atoms with Crippen LogP contribution in [0.25, 0.3) is 0 Å². The number of carbonyl (C=O) groups excluding carboxylic acids is 2. The Morgan fingerprint density at radius 2 is 1.76 bits per heavy atom. The van der Waals surface area contributed by atoms with E-state index in [0.29, 0.717) is 0 Å². The second kappa shape index (κ2) is 7.74. The van der Waals surface area contributed by atoms with Crippen molar-refractivity contribution in [2.24, 2.45) is 11.7 Å². The summed E-state index contributed by atoms with van der Waals surface area (Å²) in [7, 11) is 0. The smallest absolute Gasteiger partial charge is 0.323 e. The molecule has 0 radical (unpaired) electrons. The molecule has 0 amide bonds. The van der Waals surface area contributed by atoms with Crippen LogP contribution >= 0.6 is 22.6 Å². The van der Waals surface area contributed by atoms with Gasteiger partial charge in [-0.2, -0.15) is 0 Å². The fraction of sp³-hybridized carbons (Fsp3) is 0.467. The highest BCUT2D eigenvalue weighted by atomic mass is 127. The van der Waals surface area contributed by atoms with E-state index < -0.39 is 27.5 Å². The van der Waals surface area contributed by atoms with Crippen LogP contribution in [-0.4, -0.2) is 21.6 Å². The third-order valence-electron chi connectivity index (χ3n) is 2.46. The third kappa shape index (κ3) is 6.43.